The number of hydrogen-bond acceptors (Lipinski definition) is 5. The van der Waals surface area contributed by atoms with Crippen molar-refractivity contribution < 1.29 is 4.79 Å². The molecule has 0 unspecified atom stereocenters. The number of amides is 2. The SMILES string of the molecule is Cc1ccc(NC(=O)Nc2cc(N3CCN(C)CC3)ncn2)cc1C. The Morgan fingerprint density at radius 2 is 1.76 bits per heavy atom. The molecule has 25 heavy (non-hydrogen) atoms. The number of anilines is 3. The summed E-state index contributed by atoms with van der Waals surface area (Å²) in [5.74, 6) is 1.33. The van der Waals surface area contributed by atoms with Gasteiger partial charge in [-0.25, -0.2) is 14.8 Å². The molecule has 1 aliphatic heterocycles. The Morgan fingerprint density at radius 1 is 1.00 bits per heavy atom. The van der Waals surface area contributed by atoms with Crippen LogP contribution in [0, 0.1) is 13.8 Å². The van der Waals surface area contributed by atoms with E-state index in [4.69, 9.17) is 0 Å². The number of rotatable bonds is 3. The number of carbonyl (C=O) groups is 1. The molecular formula is C18H24N6O. The summed E-state index contributed by atoms with van der Waals surface area (Å²) in [6, 6.07) is 7.32. The molecule has 1 aliphatic rings. The number of piperazine rings is 1. The molecule has 0 bridgehead atoms. The molecular weight excluding hydrogens is 316 g/mol. The van der Waals surface area contributed by atoms with E-state index in [1.165, 1.54) is 11.9 Å². The molecule has 7 heteroatoms. The lowest BCUT2D eigenvalue weighted by Crippen LogP contribution is -2.44. The van der Waals surface area contributed by atoms with Gasteiger partial charge in [0, 0.05) is 37.9 Å². The molecule has 0 radical (unpaired) electrons. The first kappa shape index (κ1) is 17.2. The van der Waals surface area contributed by atoms with Crippen molar-refractivity contribution in [3.05, 3.63) is 41.7 Å². The fourth-order valence-corrected chi connectivity index (χ4v) is 2.72. The lowest BCUT2D eigenvalue weighted by molar-refractivity contribution is 0.262. The first-order valence-corrected chi connectivity index (χ1v) is 8.42. The highest BCUT2D eigenvalue weighted by Crippen LogP contribution is 2.17. The van der Waals surface area contributed by atoms with Crippen molar-refractivity contribution in [2.45, 2.75) is 13.8 Å². The van der Waals surface area contributed by atoms with Crippen LogP contribution in [0.4, 0.5) is 22.1 Å². The number of carbonyl (C=O) groups excluding carboxylic acids is 1. The minimum absolute atomic E-state index is 0.314. The van der Waals surface area contributed by atoms with Gasteiger partial charge in [0.05, 0.1) is 0 Å². The van der Waals surface area contributed by atoms with Gasteiger partial charge in [-0.3, -0.25) is 5.32 Å². The molecule has 2 N–H and O–H groups in total. The molecule has 7 nitrogen and oxygen atoms in total. The average molecular weight is 340 g/mol. The van der Waals surface area contributed by atoms with Crippen molar-refractivity contribution >= 4 is 23.4 Å². The van der Waals surface area contributed by atoms with Gasteiger partial charge >= 0.3 is 6.03 Å². The van der Waals surface area contributed by atoms with Crippen molar-refractivity contribution in [1.82, 2.24) is 14.9 Å². The number of benzene rings is 1. The minimum atomic E-state index is -0.314. The van der Waals surface area contributed by atoms with Crippen LogP contribution in [0.5, 0.6) is 0 Å². The zero-order valence-corrected chi connectivity index (χ0v) is 14.9. The van der Waals surface area contributed by atoms with Crippen LogP contribution in [0.3, 0.4) is 0 Å². The van der Waals surface area contributed by atoms with E-state index in [1.54, 1.807) is 0 Å². The number of likely N-dealkylation sites (N-methyl/N-ethyl adjacent to an activating group) is 1. The monoisotopic (exact) mass is 340 g/mol. The number of hydrogen-bond donors (Lipinski definition) is 2. The Bertz CT molecular complexity index is 755. The molecule has 2 amide bonds. The van der Waals surface area contributed by atoms with E-state index in [9.17, 15) is 4.79 Å². The van der Waals surface area contributed by atoms with Gasteiger partial charge in [0.2, 0.25) is 0 Å². The lowest BCUT2D eigenvalue weighted by Gasteiger charge is -2.33. The second kappa shape index (κ2) is 7.48. The molecule has 3 rings (SSSR count). The Labute approximate surface area is 148 Å². The maximum Gasteiger partial charge on any atom is 0.324 e. The maximum absolute atomic E-state index is 12.2. The number of nitrogens with one attached hydrogen (secondary N) is 2. The molecule has 0 saturated carbocycles. The van der Waals surface area contributed by atoms with Gasteiger partial charge in [0.1, 0.15) is 18.0 Å². The summed E-state index contributed by atoms with van der Waals surface area (Å²) in [7, 11) is 2.11. The Hall–Kier alpha value is -2.67. The zero-order chi connectivity index (χ0) is 17.8. The smallest absolute Gasteiger partial charge is 0.324 e. The van der Waals surface area contributed by atoms with Crippen LogP contribution in [-0.4, -0.2) is 54.1 Å². The number of urea groups is 1. The van der Waals surface area contributed by atoms with Crippen LogP contribution < -0.4 is 15.5 Å². The van der Waals surface area contributed by atoms with Gasteiger partial charge in [-0.05, 0) is 44.2 Å². The number of nitrogens with zero attached hydrogens (tertiary/aromatic N) is 4. The third-order valence-electron chi connectivity index (χ3n) is 4.49. The van der Waals surface area contributed by atoms with Gasteiger partial charge < -0.3 is 15.1 Å². The van der Waals surface area contributed by atoms with Crippen molar-refractivity contribution in [3.63, 3.8) is 0 Å². The van der Waals surface area contributed by atoms with Crippen molar-refractivity contribution in [1.29, 1.82) is 0 Å². The average Bonchev–Trinajstić information content (AvgIpc) is 2.59. The summed E-state index contributed by atoms with van der Waals surface area (Å²) in [4.78, 5) is 25.2. The lowest BCUT2D eigenvalue weighted by atomic mass is 10.1. The minimum Gasteiger partial charge on any atom is -0.354 e. The third kappa shape index (κ3) is 4.45. The van der Waals surface area contributed by atoms with Crippen LogP contribution in [0.2, 0.25) is 0 Å². The fraction of sp³-hybridized carbons (Fsp3) is 0.389. The van der Waals surface area contributed by atoms with Gasteiger partial charge in [0.15, 0.2) is 0 Å². The van der Waals surface area contributed by atoms with Gasteiger partial charge in [0.25, 0.3) is 0 Å². The summed E-state index contributed by atoms with van der Waals surface area (Å²) in [5.41, 5.74) is 3.09. The van der Waals surface area contributed by atoms with Crippen LogP contribution >= 0.6 is 0 Å². The van der Waals surface area contributed by atoms with Crippen LogP contribution in [0.25, 0.3) is 0 Å². The predicted octanol–water partition coefficient (Wildman–Crippen LogP) is 2.49. The molecule has 0 atom stereocenters. The standard InChI is InChI=1S/C18H24N6O/c1-13-4-5-15(10-14(13)2)21-18(25)22-16-11-17(20-12-19-16)24-8-6-23(3)7-9-24/h4-5,10-12H,6-9H2,1-3H3,(H2,19,20,21,22,25). The first-order valence-electron chi connectivity index (χ1n) is 8.42. The van der Waals surface area contributed by atoms with Crippen LogP contribution in [-0.2, 0) is 0 Å². The molecule has 2 heterocycles. The van der Waals surface area contributed by atoms with E-state index in [2.05, 4.69) is 37.4 Å². The summed E-state index contributed by atoms with van der Waals surface area (Å²) in [6.07, 6.45) is 1.49. The first-order chi connectivity index (χ1) is 12.0. The van der Waals surface area contributed by atoms with E-state index in [0.29, 0.717) is 5.82 Å². The molecule has 0 spiro atoms. The largest absolute Gasteiger partial charge is 0.354 e. The molecule has 132 valence electrons. The molecule has 1 aromatic carbocycles. The molecule has 1 aromatic heterocycles. The molecule has 0 aliphatic carbocycles. The number of aryl methyl sites for hydroxylation is 2. The maximum atomic E-state index is 12.2. The Kier molecular flexibility index (Phi) is 5.14. The summed E-state index contributed by atoms with van der Waals surface area (Å²) < 4.78 is 0. The summed E-state index contributed by atoms with van der Waals surface area (Å²) >= 11 is 0. The van der Waals surface area contributed by atoms with Crippen molar-refractivity contribution in [2.24, 2.45) is 0 Å². The number of aromatic nitrogens is 2. The quantitative estimate of drug-likeness (QED) is 0.898. The topological polar surface area (TPSA) is 73.4 Å². The molecule has 1 saturated heterocycles. The molecule has 1 fully saturated rings. The second-order valence-corrected chi connectivity index (χ2v) is 6.43. The molecule has 2 aromatic rings. The highest BCUT2D eigenvalue weighted by molar-refractivity contribution is 5.99. The van der Waals surface area contributed by atoms with Crippen LogP contribution in [0.1, 0.15) is 11.1 Å². The van der Waals surface area contributed by atoms with Gasteiger partial charge in [-0.2, -0.15) is 0 Å². The van der Waals surface area contributed by atoms with Gasteiger partial charge in [-0.15, -0.1) is 0 Å². The van der Waals surface area contributed by atoms with E-state index < -0.39 is 0 Å². The fourth-order valence-electron chi connectivity index (χ4n) is 2.72. The van der Waals surface area contributed by atoms with Crippen molar-refractivity contribution in [2.75, 3.05) is 48.8 Å². The zero-order valence-electron chi connectivity index (χ0n) is 14.9. The van der Waals surface area contributed by atoms with E-state index >= 15 is 0 Å². The third-order valence-corrected chi connectivity index (χ3v) is 4.49. The van der Waals surface area contributed by atoms with Gasteiger partial charge in [-0.1, -0.05) is 6.07 Å². The normalized spacial score (nSPS) is 15.1. The van der Waals surface area contributed by atoms with E-state index in [1.807, 2.05) is 38.1 Å². The Balaban J connectivity index is 1.63. The summed E-state index contributed by atoms with van der Waals surface area (Å²) in [6.45, 7) is 7.90. The van der Waals surface area contributed by atoms with E-state index in [-0.39, 0.29) is 6.03 Å². The highest BCUT2D eigenvalue weighted by atomic mass is 16.2. The second-order valence-electron chi connectivity index (χ2n) is 6.43. The van der Waals surface area contributed by atoms with E-state index in [0.717, 1.165) is 43.2 Å². The van der Waals surface area contributed by atoms with Crippen molar-refractivity contribution in [3.8, 4) is 0 Å². The Morgan fingerprint density at radius 3 is 2.48 bits per heavy atom. The van der Waals surface area contributed by atoms with Crippen LogP contribution in [0.15, 0.2) is 30.6 Å². The highest BCUT2D eigenvalue weighted by Gasteiger charge is 2.16. The predicted molar refractivity (Wildman–Crippen MR) is 100 cm³/mol. The summed E-state index contributed by atoms with van der Waals surface area (Å²) in [5, 5.41) is 5.61.